The number of likely N-dealkylation sites (tertiary alicyclic amines) is 1. The Morgan fingerprint density at radius 1 is 1.30 bits per heavy atom. The Morgan fingerprint density at radius 3 is 2.50 bits per heavy atom. The minimum absolute atomic E-state index is 0.0658. The lowest BCUT2D eigenvalue weighted by atomic mass is 9.80. The van der Waals surface area contributed by atoms with Gasteiger partial charge in [-0.3, -0.25) is 9.59 Å². The first-order valence-electron chi connectivity index (χ1n) is 7.84. The largest absolute Gasteiger partial charge is 0.481 e. The van der Waals surface area contributed by atoms with Gasteiger partial charge in [0.25, 0.3) is 0 Å². The van der Waals surface area contributed by atoms with Gasteiger partial charge in [0.1, 0.15) is 0 Å². The minimum atomic E-state index is -0.736. The van der Waals surface area contributed by atoms with Crippen molar-refractivity contribution in [3.05, 3.63) is 0 Å². The van der Waals surface area contributed by atoms with Crippen LogP contribution in [0.25, 0.3) is 0 Å². The molecule has 1 saturated carbocycles. The molecule has 1 aliphatic heterocycles. The molecule has 20 heavy (non-hydrogen) atoms. The molecule has 114 valence electrons. The molecule has 0 aromatic rings. The normalized spacial score (nSPS) is 32.5. The van der Waals surface area contributed by atoms with Gasteiger partial charge in [-0.15, -0.1) is 0 Å². The molecular weight excluding hydrogens is 254 g/mol. The van der Waals surface area contributed by atoms with Crippen LogP contribution >= 0.6 is 0 Å². The smallest absolute Gasteiger partial charge is 0.311 e. The number of carbonyl (C=O) groups excluding carboxylic acids is 1. The van der Waals surface area contributed by atoms with Crippen molar-refractivity contribution >= 4 is 11.9 Å². The van der Waals surface area contributed by atoms with Crippen LogP contribution in [0, 0.1) is 16.7 Å². The van der Waals surface area contributed by atoms with E-state index < -0.39 is 11.4 Å². The summed E-state index contributed by atoms with van der Waals surface area (Å²) in [6.07, 6.45) is 5.28. The number of aliphatic carboxylic acids is 1. The Balaban J connectivity index is 2.09. The van der Waals surface area contributed by atoms with E-state index in [0.29, 0.717) is 25.9 Å². The molecule has 0 bridgehead atoms. The van der Waals surface area contributed by atoms with Crippen molar-refractivity contribution in [3.8, 4) is 0 Å². The Labute approximate surface area is 121 Å². The van der Waals surface area contributed by atoms with Crippen molar-refractivity contribution in [2.75, 3.05) is 13.1 Å². The van der Waals surface area contributed by atoms with Gasteiger partial charge in [-0.1, -0.05) is 33.6 Å². The number of rotatable bonds is 4. The van der Waals surface area contributed by atoms with E-state index in [0.717, 1.165) is 25.7 Å². The summed E-state index contributed by atoms with van der Waals surface area (Å²) < 4.78 is 0. The first-order valence-corrected chi connectivity index (χ1v) is 7.84. The highest BCUT2D eigenvalue weighted by Gasteiger charge is 2.48. The Bertz CT molecular complexity index is 405. The lowest BCUT2D eigenvalue weighted by Gasteiger charge is -2.31. The van der Waals surface area contributed by atoms with E-state index in [-0.39, 0.29) is 17.2 Å². The van der Waals surface area contributed by atoms with E-state index in [4.69, 9.17) is 0 Å². The fraction of sp³-hybridized carbons (Fsp3) is 0.875. The predicted octanol–water partition coefficient (Wildman–Crippen LogP) is 2.92. The molecule has 0 radical (unpaired) electrons. The van der Waals surface area contributed by atoms with Crippen LogP contribution in [-0.2, 0) is 9.59 Å². The number of nitrogens with zero attached hydrogens (tertiary/aromatic N) is 1. The van der Waals surface area contributed by atoms with Crippen molar-refractivity contribution in [1.82, 2.24) is 4.90 Å². The van der Waals surface area contributed by atoms with E-state index >= 15 is 0 Å². The molecule has 1 N–H and O–H groups in total. The van der Waals surface area contributed by atoms with E-state index in [1.807, 2.05) is 11.8 Å². The predicted molar refractivity (Wildman–Crippen MR) is 77.3 cm³/mol. The van der Waals surface area contributed by atoms with E-state index in [9.17, 15) is 14.7 Å². The van der Waals surface area contributed by atoms with Crippen LogP contribution in [-0.4, -0.2) is 35.0 Å². The maximum absolute atomic E-state index is 12.7. The Hall–Kier alpha value is -1.06. The zero-order valence-corrected chi connectivity index (χ0v) is 12.9. The highest BCUT2D eigenvalue weighted by atomic mass is 16.4. The summed E-state index contributed by atoms with van der Waals surface area (Å²) in [5, 5.41) is 9.52. The molecular formula is C16H27NO3. The molecule has 1 saturated heterocycles. The molecule has 2 unspecified atom stereocenters. The van der Waals surface area contributed by atoms with Gasteiger partial charge in [-0.2, -0.15) is 0 Å². The van der Waals surface area contributed by atoms with Crippen molar-refractivity contribution in [2.24, 2.45) is 16.7 Å². The van der Waals surface area contributed by atoms with Gasteiger partial charge < -0.3 is 10.0 Å². The van der Waals surface area contributed by atoms with Gasteiger partial charge in [0.15, 0.2) is 0 Å². The molecule has 4 nitrogen and oxygen atoms in total. The molecule has 2 rings (SSSR count). The maximum Gasteiger partial charge on any atom is 0.311 e. The van der Waals surface area contributed by atoms with Crippen LogP contribution in [0.1, 0.15) is 59.3 Å². The second-order valence-electron chi connectivity index (χ2n) is 7.28. The standard InChI is InChI=1S/C16H27NO3/c1-4-7-16(14(19)20)9-10-17(11-16)13(18)12-6-5-8-15(12,2)3/h12H,4-11H2,1-3H3,(H,19,20). The van der Waals surface area contributed by atoms with E-state index in [1.165, 1.54) is 0 Å². The third-order valence-corrected chi connectivity index (χ3v) is 5.40. The molecule has 0 aromatic heterocycles. The maximum atomic E-state index is 12.7. The Morgan fingerprint density at radius 2 is 2.00 bits per heavy atom. The summed E-state index contributed by atoms with van der Waals surface area (Å²) in [6, 6.07) is 0. The number of hydrogen-bond acceptors (Lipinski definition) is 2. The number of carbonyl (C=O) groups is 2. The zero-order chi connectivity index (χ0) is 15.0. The summed E-state index contributed by atoms with van der Waals surface area (Å²) in [7, 11) is 0. The molecule has 0 spiro atoms. The van der Waals surface area contributed by atoms with Crippen LogP contribution in [0.2, 0.25) is 0 Å². The molecule has 2 fully saturated rings. The number of amides is 1. The van der Waals surface area contributed by atoms with Crippen molar-refractivity contribution < 1.29 is 14.7 Å². The summed E-state index contributed by atoms with van der Waals surface area (Å²) in [4.78, 5) is 26.1. The van der Waals surface area contributed by atoms with E-state index in [1.54, 1.807) is 0 Å². The summed E-state index contributed by atoms with van der Waals surface area (Å²) in [6.45, 7) is 7.35. The fourth-order valence-corrected chi connectivity index (χ4v) is 4.03. The highest BCUT2D eigenvalue weighted by Crippen LogP contribution is 2.45. The second-order valence-corrected chi connectivity index (χ2v) is 7.28. The lowest BCUT2D eigenvalue weighted by Crippen LogP contribution is -2.41. The number of hydrogen-bond donors (Lipinski definition) is 1. The van der Waals surface area contributed by atoms with Gasteiger partial charge in [-0.05, 0) is 31.1 Å². The quantitative estimate of drug-likeness (QED) is 0.862. The van der Waals surface area contributed by atoms with Crippen LogP contribution in [0.5, 0.6) is 0 Å². The van der Waals surface area contributed by atoms with Crippen LogP contribution in [0.3, 0.4) is 0 Å². The van der Waals surface area contributed by atoms with Crippen LogP contribution < -0.4 is 0 Å². The van der Waals surface area contributed by atoms with E-state index in [2.05, 4.69) is 13.8 Å². The van der Waals surface area contributed by atoms with Gasteiger partial charge in [0.05, 0.1) is 5.41 Å². The number of carboxylic acids is 1. The lowest BCUT2D eigenvalue weighted by molar-refractivity contribution is -0.149. The highest BCUT2D eigenvalue weighted by molar-refractivity contribution is 5.83. The third kappa shape index (κ3) is 2.57. The average Bonchev–Trinajstić information content (AvgIpc) is 2.93. The second kappa shape index (κ2) is 5.38. The third-order valence-electron chi connectivity index (χ3n) is 5.40. The summed E-state index contributed by atoms with van der Waals surface area (Å²) in [5.74, 6) is -0.471. The van der Waals surface area contributed by atoms with Crippen molar-refractivity contribution in [3.63, 3.8) is 0 Å². The van der Waals surface area contributed by atoms with Gasteiger partial charge in [0.2, 0.25) is 5.91 Å². The molecule has 0 aromatic carbocycles. The van der Waals surface area contributed by atoms with Crippen LogP contribution in [0.4, 0.5) is 0 Å². The summed E-state index contributed by atoms with van der Waals surface area (Å²) in [5.41, 5.74) is -0.635. The number of carboxylic acid groups (broad SMARTS) is 1. The molecule has 2 aliphatic rings. The fourth-order valence-electron chi connectivity index (χ4n) is 4.03. The van der Waals surface area contributed by atoms with Gasteiger partial charge in [-0.25, -0.2) is 0 Å². The average molecular weight is 281 g/mol. The molecule has 2 atom stereocenters. The topological polar surface area (TPSA) is 57.6 Å². The molecule has 1 amide bonds. The first-order chi connectivity index (χ1) is 9.32. The molecule has 1 heterocycles. The summed E-state index contributed by atoms with van der Waals surface area (Å²) >= 11 is 0. The van der Waals surface area contributed by atoms with Crippen molar-refractivity contribution in [1.29, 1.82) is 0 Å². The first kappa shape index (κ1) is 15.3. The SMILES string of the molecule is CCCC1(C(=O)O)CCN(C(=O)C2CCCC2(C)C)C1. The molecule has 4 heteroatoms. The van der Waals surface area contributed by atoms with Crippen molar-refractivity contribution in [2.45, 2.75) is 59.3 Å². The van der Waals surface area contributed by atoms with Gasteiger partial charge >= 0.3 is 5.97 Å². The van der Waals surface area contributed by atoms with Crippen LogP contribution in [0.15, 0.2) is 0 Å². The van der Waals surface area contributed by atoms with Gasteiger partial charge in [0, 0.05) is 19.0 Å². The minimum Gasteiger partial charge on any atom is -0.481 e. The monoisotopic (exact) mass is 281 g/mol. The zero-order valence-electron chi connectivity index (χ0n) is 12.9. The molecule has 1 aliphatic carbocycles. The Kier molecular flexibility index (Phi) is 4.12.